The fraction of sp³-hybridized carbons (Fsp3) is 0.619. The molecule has 1 aromatic carbocycles. The van der Waals surface area contributed by atoms with Crippen molar-refractivity contribution in [1.82, 2.24) is 10.6 Å². The van der Waals surface area contributed by atoms with Gasteiger partial charge < -0.3 is 10.6 Å². The molecule has 26 heavy (non-hydrogen) atoms. The van der Waals surface area contributed by atoms with Crippen LogP contribution in [0.3, 0.4) is 0 Å². The second kappa shape index (κ2) is 8.90. The predicted octanol–water partition coefficient (Wildman–Crippen LogP) is 4.57. The third-order valence-corrected chi connectivity index (χ3v) is 6.28. The average molecular weight is 379 g/mol. The average Bonchev–Trinajstić information content (AvgIpc) is 2.62. The molecular weight excluding hydrogens is 348 g/mol. The zero-order chi connectivity index (χ0) is 19.3. The minimum Gasteiger partial charge on any atom is -0.352 e. The summed E-state index contributed by atoms with van der Waals surface area (Å²) in [5.74, 6) is 0.258. The van der Waals surface area contributed by atoms with Crippen molar-refractivity contribution >= 4 is 23.4 Å². The lowest BCUT2D eigenvalue weighted by Crippen LogP contribution is -2.49. The molecule has 0 aliphatic heterocycles. The summed E-state index contributed by atoms with van der Waals surface area (Å²) >= 11 is 6.04. The molecule has 0 bridgehead atoms. The van der Waals surface area contributed by atoms with Crippen molar-refractivity contribution < 1.29 is 9.59 Å². The molecule has 0 radical (unpaired) electrons. The number of carbonyl (C=O) groups is 2. The molecule has 5 heteroatoms. The Morgan fingerprint density at radius 3 is 2.38 bits per heavy atom. The van der Waals surface area contributed by atoms with Crippen LogP contribution in [0.5, 0.6) is 0 Å². The van der Waals surface area contributed by atoms with Gasteiger partial charge in [-0.2, -0.15) is 0 Å². The van der Waals surface area contributed by atoms with Crippen molar-refractivity contribution in [1.29, 1.82) is 0 Å². The van der Waals surface area contributed by atoms with E-state index in [-0.39, 0.29) is 17.9 Å². The van der Waals surface area contributed by atoms with E-state index in [2.05, 4.69) is 31.4 Å². The first kappa shape index (κ1) is 20.8. The van der Waals surface area contributed by atoms with Crippen LogP contribution in [0.2, 0.25) is 5.02 Å². The monoisotopic (exact) mass is 378 g/mol. The Balaban J connectivity index is 1.83. The van der Waals surface area contributed by atoms with Crippen molar-refractivity contribution in [2.75, 3.05) is 0 Å². The van der Waals surface area contributed by atoms with E-state index < -0.39 is 6.04 Å². The van der Waals surface area contributed by atoms with E-state index in [1.54, 1.807) is 31.2 Å². The van der Waals surface area contributed by atoms with Gasteiger partial charge in [0, 0.05) is 6.04 Å². The van der Waals surface area contributed by atoms with E-state index >= 15 is 0 Å². The first-order chi connectivity index (χ1) is 12.2. The molecule has 1 aliphatic rings. The van der Waals surface area contributed by atoms with Crippen molar-refractivity contribution in [2.45, 2.75) is 71.9 Å². The Bertz CT molecular complexity index is 637. The Morgan fingerprint density at radius 1 is 1.19 bits per heavy atom. The van der Waals surface area contributed by atoms with Gasteiger partial charge in [-0.05, 0) is 56.1 Å². The minimum absolute atomic E-state index is 0.136. The fourth-order valence-corrected chi connectivity index (χ4v) is 3.84. The van der Waals surface area contributed by atoms with E-state index in [0.29, 0.717) is 16.0 Å². The minimum atomic E-state index is -0.594. The van der Waals surface area contributed by atoms with Crippen LogP contribution >= 0.6 is 11.6 Å². The fourth-order valence-electron chi connectivity index (χ4n) is 3.62. The molecule has 4 nitrogen and oxygen atoms in total. The van der Waals surface area contributed by atoms with E-state index in [4.69, 9.17) is 11.6 Å². The maximum Gasteiger partial charge on any atom is 0.253 e. The highest BCUT2D eigenvalue weighted by Gasteiger charge is 2.32. The quantitative estimate of drug-likeness (QED) is 0.761. The summed E-state index contributed by atoms with van der Waals surface area (Å²) in [4.78, 5) is 24.7. The number of amides is 2. The highest BCUT2D eigenvalue weighted by molar-refractivity contribution is 6.33. The van der Waals surface area contributed by atoms with Crippen LogP contribution in [0.25, 0.3) is 0 Å². The summed E-state index contributed by atoms with van der Waals surface area (Å²) in [7, 11) is 0. The third-order valence-electron chi connectivity index (χ3n) is 5.95. The van der Waals surface area contributed by atoms with Crippen LogP contribution in [0.1, 0.15) is 70.2 Å². The van der Waals surface area contributed by atoms with Crippen LogP contribution < -0.4 is 10.6 Å². The van der Waals surface area contributed by atoms with E-state index in [1.165, 1.54) is 6.42 Å². The first-order valence-electron chi connectivity index (χ1n) is 9.60. The smallest absolute Gasteiger partial charge is 0.253 e. The van der Waals surface area contributed by atoms with Gasteiger partial charge >= 0.3 is 0 Å². The van der Waals surface area contributed by atoms with Crippen LogP contribution in [-0.4, -0.2) is 23.9 Å². The number of hydrogen-bond acceptors (Lipinski definition) is 2. The maximum atomic E-state index is 12.4. The van der Waals surface area contributed by atoms with Gasteiger partial charge in [-0.3, -0.25) is 9.59 Å². The Labute approximate surface area is 162 Å². The van der Waals surface area contributed by atoms with Crippen molar-refractivity contribution in [2.24, 2.45) is 11.3 Å². The molecule has 0 aromatic heterocycles. The highest BCUT2D eigenvalue weighted by atomic mass is 35.5. The van der Waals surface area contributed by atoms with Gasteiger partial charge in [-0.1, -0.05) is 50.9 Å². The predicted molar refractivity (Wildman–Crippen MR) is 106 cm³/mol. The van der Waals surface area contributed by atoms with Crippen LogP contribution in [-0.2, 0) is 4.79 Å². The maximum absolute atomic E-state index is 12.4. The van der Waals surface area contributed by atoms with Crippen molar-refractivity contribution in [3.63, 3.8) is 0 Å². The second-order valence-electron chi connectivity index (χ2n) is 8.07. The first-order valence-corrected chi connectivity index (χ1v) is 9.98. The molecule has 1 aliphatic carbocycles. The Kier molecular flexibility index (Phi) is 7.10. The standard InChI is InChI=1S/C21H31ClN2O2/c1-5-21(3,4)15-10-12-16(13-11-15)24-19(25)14(2)23-20(26)17-8-6-7-9-18(17)22/h6-9,14-16H,5,10-13H2,1-4H3,(H,23,26)(H,24,25). The van der Waals surface area contributed by atoms with Crippen molar-refractivity contribution in [3.8, 4) is 0 Å². The summed E-state index contributed by atoms with van der Waals surface area (Å²) in [5, 5.41) is 6.21. The van der Waals surface area contributed by atoms with Crippen LogP contribution in [0, 0.1) is 11.3 Å². The number of nitrogens with one attached hydrogen (secondary N) is 2. The molecule has 144 valence electrons. The SMILES string of the molecule is CCC(C)(C)C1CCC(NC(=O)C(C)NC(=O)c2ccccc2Cl)CC1. The molecule has 2 amide bonds. The molecule has 2 rings (SSSR count). The summed E-state index contributed by atoms with van der Waals surface area (Å²) in [6.45, 7) is 8.62. The number of benzene rings is 1. The molecule has 0 heterocycles. The van der Waals surface area contributed by atoms with E-state index in [9.17, 15) is 9.59 Å². The summed E-state index contributed by atoms with van der Waals surface area (Å²) in [5.41, 5.74) is 0.752. The van der Waals surface area contributed by atoms with Crippen LogP contribution in [0.15, 0.2) is 24.3 Å². The van der Waals surface area contributed by atoms with Crippen LogP contribution in [0.4, 0.5) is 0 Å². The molecule has 1 unspecified atom stereocenters. The lowest BCUT2D eigenvalue weighted by molar-refractivity contribution is -0.123. The molecule has 1 fully saturated rings. The van der Waals surface area contributed by atoms with E-state index in [1.807, 2.05) is 0 Å². The zero-order valence-electron chi connectivity index (χ0n) is 16.3. The molecular formula is C21H31ClN2O2. The normalized spacial score (nSPS) is 21.7. The second-order valence-corrected chi connectivity index (χ2v) is 8.48. The van der Waals surface area contributed by atoms with Crippen molar-refractivity contribution in [3.05, 3.63) is 34.9 Å². The molecule has 1 saturated carbocycles. The zero-order valence-corrected chi connectivity index (χ0v) is 17.0. The number of halogens is 1. The summed E-state index contributed by atoms with van der Waals surface area (Å²) < 4.78 is 0. The summed E-state index contributed by atoms with van der Waals surface area (Å²) in [6, 6.07) is 6.44. The van der Waals surface area contributed by atoms with Gasteiger partial charge in [-0.15, -0.1) is 0 Å². The third kappa shape index (κ3) is 5.23. The lowest BCUT2D eigenvalue weighted by atomic mass is 9.69. The molecule has 1 atom stereocenters. The van der Waals surface area contributed by atoms with Gasteiger partial charge in [0.1, 0.15) is 6.04 Å². The van der Waals surface area contributed by atoms with Gasteiger partial charge in [0.05, 0.1) is 10.6 Å². The largest absolute Gasteiger partial charge is 0.352 e. The Morgan fingerprint density at radius 2 is 1.81 bits per heavy atom. The number of hydrogen-bond donors (Lipinski definition) is 2. The number of rotatable bonds is 6. The lowest BCUT2D eigenvalue weighted by Gasteiger charge is -2.39. The van der Waals surface area contributed by atoms with Gasteiger partial charge in [0.15, 0.2) is 0 Å². The summed E-state index contributed by atoms with van der Waals surface area (Å²) in [6.07, 6.45) is 5.48. The van der Waals surface area contributed by atoms with Gasteiger partial charge in [0.2, 0.25) is 5.91 Å². The number of carbonyl (C=O) groups excluding carboxylic acids is 2. The van der Waals surface area contributed by atoms with Gasteiger partial charge in [-0.25, -0.2) is 0 Å². The molecule has 2 N–H and O–H groups in total. The Hall–Kier alpha value is -1.55. The molecule has 1 aromatic rings. The topological polar surface area (TPSA) is 58.2 Å². The molecule has 0 saturated heterocycles. The highest BCUT2D eigenvalue weighted by Crippen LogP contribution is 2.40. The van der Waals surface area contributed by atoms with E-state index in [0.717, 1.165) is 31.6 Å². The van der Waals surface area contributed by atoms with Gasteiger partial charge in [0.25, 0.3) is 5.91 Å². The molecule has 0 spiro atoms.